The number of likely N-dealkylation sites (tertiary alicyclic amines) is 1. The topological polar surface area (TPSA) is 96.2 Å². The molecule has 2 saturated heterocycles. The Balaban J connectivity index is 1.36. The average molecular weight is 570 g/mol. The predicted molar refractivity (Wildman–Crippen MR) is 150 cm³/mol. The first-order valence-electron chi connectivity index (χ1n) is 12.5. The lowest BCUT2D eigenvalue weighted by Crippen LogP contribution is -2.59. The van der Waals surface area contributed by atoms with Gasteiger partial charge in [0.1, 0.15) is 24.1 Å². The van der Waals surface area contributed by atoms with E-state index in [0.717, 1.165) is 81.3 Å². The van der Waals surface area contributed by atoms with Gasteiger partial charge in [-0.1, -0.05) is 42.3 Å². The van der Waals surface area contributed by atoms with Crippen LogP contribution >= 0.6 is 35.4 Å². The fourth-order valence-electron chi connectivity index (χ4n) is 5.40. The number of pyridine rings is 1. The fourth-order valence-corrected chi connectivity index (χ4v) is 6.12. The number of nitrogens with two attached hydrogens (primary N) is 1. The van der Waals surface area contributed by atoms with Crippen LogP contribution in [0.25, 0.3) is 0 Å². The standard InChI is InChI=1S/C25H34Cl2N6O3S/c1-3-20-16-32(25-22(27)14-19(15-29-25)30-37-36-35-2)12-13-33(20)21-8-10-31(11-9-21)23(24(28)34)17-4-6-18(26)7-5-17/h4-7,14-15,20-21,23,30H,3,8-13,16H2,1-2H3,(H2,28,34)/t20-,23+/m0/s1. The van der Waals surface area contributed by atoms with E-state index >= 15 is 0 Å². The second kappa shape index (κ2) is 13.3. The van der Waals surface area contributed by atoms with Crippen molar-refractivity contribution in [2.45, 2.75) is 44.3 Å². The van der Waals surface area contributed by atoms with Crippen LogP contribution in [0, 0.1) is 0 Å². The first-order valence-corrected chi connectivity index (χ1v) is 14.0. The maximum Gasteiger partial charge on any atom is 0.239 e. The maximum atomic E-state index is 12.3. The number of hydrogen-bond acceptors (Lipinski definition) is 9. The van der Waals surface area contributed by atoms with E-state index in [-0.39, 0.29) is 5.91 Å². The molecule has 2 fully saturated rings. The number of hydrogen-bond donors (Lipinski definition) is 2. The van der Waals surface area contributed by atoms with Crippen LogP contribution in [0.3, 0.4) is 0 Å². The number of primary amides is 1. The highest BCUT2D eigenvalue weighted by Crippen LogP contribution is 2.32. The molecule has 0 spiro atoms. The molecule has 2 atom stereocenters. The molecule has 2 aromatic rings. The van der Waals surface area contributed by atoms with Crippen molar-refractivity contribution < 1.29 is 14.0 Å². The van der Waals surface area contributed by atoms with Crippen molar-refractivity contribution in [3.63, 3.8) is 0 Å². The Morgan fingerprint density at radius 2 is 1.95 bits per heavy atom. The van der Waals surface area contributed by atoms with E-state index in [1.807, 2.05) is 30.3 Å². The summed E-state index contributed by atoms with van der Waals surface area (Å²) in [6.07, 6.45) is 4.77. The van der Waals surface area contributed by atoms with E-state index in [4.69, 9.17) is 33.3 Å². The first kappa shape index (κ1) is 28.2. The van der Waals surface area contributed by atoms with Gasteiger partial charge < -0.3 is 15.4 Å². The van der Waals surface area contributed by atoms with Gasteiger partial charge in [-0.05, 0) is 43.0 Å². The van der Waals surface area contributed by atoms with E-state index in [9.17, 15) is 4.79 Å². The van der Waals surface area contributed by atoms with Gasteiger partial charge in [0.25, 0.3) is 0 Å². The number of amides is 1. The molecule has 0 bridgehead atoms. The maximum absolute atomic E-state index is 12.3. The summed E-state index contributed by atoms with van der Waals surface area (Å²) < 4.78 is 7.74. The van der Waals surface area contributed by atoms with Crippen LogP contribution in [0.2, 0.25) is 10.0 Å². The molecule has 12 heteroatoms. The van der Waals surface area contributed by atoms with Crippen molar-refractivity contribution in [2.24, 2.45) is 5.73 Å². The molecule has 2 aliphatic heterocycles. The molecule has 1 aromatic carbocycles. The summed E-state index contributed by atoms with van der Waals surface area (Å²) in [6.45, 7) is 6.54. The quantitative estimate of drug-likeness (QED) is 0.141. The zero-order valence-electron chi connectivity index (χ0n) is 21.1. The van der Waals surface area contributed by atoms with Gasteiger partial charge in [-0.3, -0.25) is 14.6 Å². The van der Waals surface area contributed by atoms with Gasteiger partial charge in [0, 0.05) is 49.8 Å². The Kier molecular flexibility index (Phi) is 10.2. The van der Waals surface area contributed by atoms with E-state index in [2.05, 4.69) is 36.2 Å². The Bertz CT molecular complexity index is 1040. The molecule has 0 radical (unpaired) electrons. The summed E-state index contributed by atoms with van der Waals surface area (Å²) >= 11 is 13.6. The minimum Gasteiger partial charge on any atom is -0.368 e. The smallest absolute Gasteiger partial charge is 0.239 e. The Morgan fingerprint density at radius 3 is 2.57 bits per heavy atom. The minimum atomic E-state index is -0.429. The van der Waals surface area contributed by atoms with Crippen LogP contribution in [0.4, 0.5) is 11.5 Å². The van der Waals surface area contributed by atoms with E-state index in [0.29, 0.717) is 22.1 Å². The minimum absolute atomic E-state index is 0.323. The second-order valence-electron chi connectivity index (χ2n) is 9.32. The fraction of sp³-hybridized carbons (Fsp3) is 0.520. The number of nitrogens with one attached hydrogen (secondary N) is 1. The van der Waals surface area contributed by atoms with E-state index in [1.54, 1.807) is 6.20 Å². The summed E-state index contributed by atoms with van der Waals surface area (Å²) in [5.74, 6) is 0.473. The van der Waals surface area contributed by atoms with Crippen molar-refractivity contribution in [3.05, 3.63) is 52.1 Å². The van der Waals surface area contributed by atoms with Crippen molar-refractivity contribution in [3.8, 4) is 0 Å². The molecule has 1 aromatic heterocycles. The van der Waals surface area contributed by atoms with Gasteiger partial charge >= 0.3 is 0 Å². The van der Waals surface area contributed by atoms with Crippen LogP contribution in [0.15, 0.2) is 36.5 Å². The molecule has 9 nitrogen and oxygen atoms in total. The van der Waals surface area contributed by atoms with Gasteiger partial charge in [0.15, 0.2) is 0 Å². The third kappa shape index (κ3) is 7.00. The summed E-state index contributed by atoms with van der Waals surface area (Å²) in [5, 5.41) is 1.24. The van der Waals surface area contributed by atoms with Gasteiger partial charge in [-0.15, -0.1) is 4.33 Å². The number of rotatable bonds is 10. The van der Waals surface area contributed by atoms with Crippen molar-refractivity contribution in [2.75, 3.05) is 49.5 Å². The molecule has 0 unspecified atom stereocenters. The molecule has 202 valence electrons. The van der Waals surface area contributed by atoms with Crippen molar-refractivity contribution >= 4 is 52.8 Å². The number of benzene rings is 1. The molecule has 4 rings (SSSR count). The van der Waals surface area contributed by atoms with Crippen molar-refractivity contribution in [1.82, 2.24) is 14.8 Å². The van der Waals surface area contributed by atoms with E-state index < -0.39 is 6.04 Å². The monoisotopic (exact) mass is 568 g/mol. The molecule has 2 aliphatic rings. The lowest BCUT2D eigenvalue weighted by molar-refractivity contribution is -0.159. The van der Waals surface area contributed by atoms with Crippen LogP contribution in [0.1, 0.15) is 37.8 Å². The molecule has 37 heavy (non-hydrogen) atoms. The predicted octanol–water partition coefficient (Wildman–Crippen LogP) is 4.53. The summed E-state index contributed by atoms with van der Waals surface area (Å²) in [6, 6.07) is 9.69. The van der Waals surface area contributed by atoms with Crippen LogP contribution in [-0.4, -0.2) is 72.6 Å². The number of halogens is 2. The van der Waals surface area contributed by atoms with Crippen molar-refractivity contribution in [1.29, 1.82) is 0 Å². The highest BCUT2D eigenvalue weighted by atomic mass is 35.5. The number of carbonyl (C=O) groups is 1. The Hall–Kier alpha value is -1.79. The summed E-state index contributed by atoms with van der Waals surface area (Å²) in [5.41, 5.74) is 7.45. The lowest BCUT2D eigenvalue weighted by atomic mass is 9.95. The highest BCUT2D eigenvalue weighted by Gasteiger charge is 2.36. The number of anilines is 2. The Labute approximate surface area is 232 Å². The third-order valence-electron chi connectivity index (χ3n) is 7.17. The SMILES string of the molecule is CC[C@H]1CN(c2ncc(NSOOC)cc2Cl)CCN1C1CCN([C@@H](C(N)=O)c2ccc(Cl)cc2)CC1. The first-order chi connectivity index (χ1) is 17.9. The zero-order valence-corrected chi connectivity index (χ0v) is 23.4. The number of carbonyl (C=O) groups excluding carboxylic acids is 1. The number of nitrogens with zero attached hydrogens (tertiary/aromatic N) is 4. The van der Waals surface area contributed by atoms with Gasteiger partial charge in [0.2, 0.25) is 5.91 Å². The molecule has 1 amide bonds. The number of piperazine rings is 1. The number of aromatic nitrogens is 1. The largest absolute Gasteiger partial charge is 0.368 e. The molecule has 3 heterocycles. The lowest BCUT2D eigenvalue weighted by Gasteiger charge is -2.48. The Morgan fingerprint density at radius 1 is 1.22 bits per heavy atom. The van der Waals surface area contributed by atoms with E-state index in [1.165, 1.54) is 7.11 Å². The molecule has 0 saturated carbocycles. The van der Waals surface area contributed by atoms with Crippen LogP contribution in [-0.2, 0) is 14.0 Å². The highest BCUT2D eigenvalue weighted by molar-refractivity contribution is 7.95. The summed E-state index contributed by atoms with van der Waals surface area (Å²) in [4.78, 5) is 28.6. The van der Waals surface area contributed by atoms with Gasteiger partial charge in [0.05, 0.1) is 24.0 Å². The number of piperidine rings is 1. The van der Waals surface area contributed by atoms with Gasteiger partial charge in [-0.25, -0.2) is 9.87 Å². The molecule has 3 N–H and O–H groups in total. The average Bonchev–Trinajstić information content (AvgIpc) is 2.90. The third-order valence-corrected chi connectivity index (χ3v) is 8.22. The van der Waals surface area contributed by atoms with Crippen LogP contribution < -0.4 is 15.4 Å². The molecule has 0 aliphatic carbocycles. The second-order valence-corrected chi connectivity index (χ2v) is 10.7. The normalized spacial score (nSPS) is 20.6. The van der Waals surface area contributed by atoms with Crippen LogP contribution in [0.5, 0.6) is 0 Å². The zero-order chi connectivity index (χ0) is 26.4. The summed E-state index contributed by atoms with van der Waals surface area (Å²) in [7, 11) is 1.44. The molecular formula is C25H34Cl2N6O3S. The molecular weight excluding hydrogens is 535 g/mol. The van der Waals surface area contributed by atoms with Gasteiger partial charge in [-0.2, -0.15) is 0 Å².